The van der Waals surface area contributed by atoms with Crippen molar-refractivity contribution >= 4 is 11.9 Å². The second kappa shape index (κ2) is 4.57. The number of nitrogens with zero attached hydrogens (tertiary/aromatic N) is 1. The molecule has 1 heterocycles. The van der Waals surface area contributed by atoms with Gasteiger partial charge in [-0.1, -0.05) is 0 Å². The van der Waals surface area contributed by atoms with Crippen molar-refractivity contribution in [2.24, 2.45) is 0 Å². The van der Waals surface area contributed by atoms with Gasteiger partial charge in [0.05, 0.1) is 17.7 Å². The molecule has 0 aliphatic heterocycles. The maximum atomic E-state index is 12.0. The zero-order chi connectivity index (χ0) is 13.2. The van der Waals surface area contributed by atoms with Crippen molar-refractivity contribution in [3.8, 4) is 0 Å². The highest BCUT2D eigenvalue weighted by Gasteiger charge is 2.26. The SMILES string of the molecule is Cc1n[nH]c(C)c1C(=O)NC(C)(C)CC(=O)O. The first-order valence-electron chi connectivity index (χ1n) is 5.29. The number of nitrogens with one attached hydrogen (secondary N) is 2. The van der Waals surface area contributed by atoms with Crippen LogP contribution in [0.4, 0.5) is 0 Å². The molecule has 0 unspecified atom stereocenters. The number of rotatable bonds is 4. The molecule has 0 radical (unpaired) electrons. The first-order chi connectivity index (χ1) is 7.73. The lowest BCUT2D eigenvalue weighted by Crippen LogP contribution is -2.45. The first kappa shape index (κ1) is 13.2. The van der Waals surface area contributed by atoms with E-state index in [1.54, 1.807) is 27.7 Å². The Morgan fingerprint density at radius 3 is 2.41 bits per heavy atom. The van der Waals surface area contributed by atoms with Gasteiger partial charge in [0.1, 0.15) is 0 Å². The molecular weight excluding hydrogens is 222 g/mol. The molecule has 6 nitrogen and oxygen atoms in total. The summed E-state index contributed by atoms with van der Waals surface area (Å²) in [7, 11) is 0. The van der Waals surface area contributed by atoms with Crippen molar-refractivity contribution in [3.05, 3.63) is 17.0 Å². The van der Waals surface area contributed by atoms with Gasteiger partial charge in [-0.3, -0.25) is 14.7 Å². The quantitative estimate of drug-likeness (QED) is 0.730. The minimum Gasteiger partial charge on any atom is -0.481 e. The number of H-pyrrole nitrogens is 1. The number of hydrogen-bond acceptors (Lipinski definition) is 3. The molecule has 0 atom stereocenters. The maximum Gasteiger partial charge on any atom is 0.305 e. The van der Waals surface area contributed by atoms with Crippen LogP contribution in [0.15, 0.2) is 0 Å². The van der Waals surface area contributed by atoms with Gasteiger partial charge < -0.3 is 10.4 Å². The number of carbonyl (C=O) groups excluding carboxylic acids is 1. The van der Waals surface area contributed by atoms with E-state index in [2.05, 4.69) is 15.5 Å². The monoisotopic (exact) mass is 239 g/mol. The Hall–Kier alpha value is -1.85. The van der Waals surface area contributed by atoms with E-state index in [1.807, 2.05) is 0 Å². The third kappa shape index (κ3) is 3.30. The molecule has 0 aliphatic rings. The van der Waals surface area contributed by atoms with E-state index in [0.29, 0.717) is 17.0 Å². The molecule has 6 heteroatoms. The van der Waals surface area contributed by atoms with Crippen molar-refractivity contribution in [2.75, 3.05) is 0 Å². The smallest absolute Gasteiger partial charge is 0.305 e. The minimum absolute atomic E-state index is 0.130. The molecule has 1 rings (SSSR count). The van der Waals surface area contributed by atoms with Gasteiger partial charge in [0.2, 0.25) is 0 Å². The highest BCUT2D eigenvalue weighted by atomic mass is 16.4. The summed E-state index contributed by atoms with van der Waals surface area (Å²) in [5, 5.41) is 18.1. The zero-order valence-electron chi connectivity index (χ0n) is 10.4. The van der Waals surface area contributed by atoms with E-state index in [-0.39, 0.29) is 12.3 Å². The fourth-order valence-corrected chi connectivity index (χ4v) is 1.68. The Kier molecular flexibility index (Phi) is 3.55. The summed E-state index contributed by atoms with van der Waals surface area (Å²) in [5.41, 5.74) is 0.958. The number of aromatic nitrogens is 2. The van der Waals surface area contributed by atoms with E-state index in [1.165, 1.54) is 0 Å². The Balaban J connectivity index is 2.83. The highest BCUT2D eigenvalue weighted by molar-refractivity contribution is 5.97. The summed E-state index contributed by atoms with van der Waals surface area (Å²) in [4.78, 5) is 22.6. The lowest BCUT2D eigenvalue weighted by atomic mass is 10.00. The molecule has 0 bridgehead atoms. The van der Waals surface area contributed by atoms with Crippen molar-refractivity contribution in [1.29, 1.82) is 0 Å². The van der Waals surface area contributed by atoms with Crippen LogP contribution in [-0.4, -0.2) is 32.7 Å². The molecule has 0 aliphatic carbocycles. The Bertz CT molecular complexity index is 429. The van der Waals surface area contributed by atoms with Crippen LogP contribution in [0.1, 0.15) is 42.0 Å². The Morgan fingerprint density at radius 2 is 2.00 bits per heavy atom. The van der Waals surface area contributed by atoms with Crippen LogP contribution >= 0.6 is 0 Å². The number of aromatic amines is 1. The molecule has 0 saturated carbocycles. The van der Waals surface area contributed by atoms with Crippen molar-refractivity contribution < 1.29 is 14.7 Å². The highest BCUT2D eigenvalue weighted by Crippen LogP contribution is 2.13. The van der Waals surface area contributed by atoms with Crippen LogP contribution in [0, 0.1) is 13.8 Å². The second-order valence-electron chi connectivity index (χ2n) is 4.72. The molecule has 1 aromatic rings. The van der Waals surface area contributed by atoms with Crippen molar-refractivity contribution in [1.82, 2.24) is 15.5 Å². The minimum atomic E-state index is -0.948. The van der Waals surface area contributed by atoms with Crippen LogP contribution in [0.2, 0.25) is 0 Å². The lowest BCUT2D eigenvalue weighted by molar-refractivity contribution is -0.138. The van der Waals surface area contributed by atoms with Gasteiger partial charge in [0.15, 0.2) is 0 Å². The van der Waals surface area contributed by atoms with Gasteiger partial charge in [0, 0.05) is 11.2 Å². The summed E-state index contributed by atoms with van der Waals surface area (Å²) in [6, 6.07) is 0. The number of carbonyl (C=O) groups is 2. The van der Waals surface area contributed by atoms with Gasteiger partial charge >= 0.3 is 5.97 Å². The second-order valence-corrected chi connectivity index (χ2v) is 4.72. The van der Waals surface area contributed by atoms with Crippen LogP contribution < -0.4 is 5.32 Å². The van der Waals surface area contributed by atoms with Crippen LogP contribution in [0.25, 0.3) is 0 Å². The molecule has 17 heavy (non-hydrogen) atoms. The maximum absolute atomic E-state index is 12.0. The van der Waals surface area contributed by atoms with Gasteiger partial charge in [-0.2, -0.15) is 5.10 Å². The van der Waals surface area contributed by atoms with Crippen LogP contribution in [-0.2, 0) is 4.79 Å². The standard InChI is InChI=1S/C11H17N3O3/c1-6-9(7(2)14-13-6)10(17)12-11(3,4)5-8(15)16/h5H2,1-4H3,(H,12,17)(H,13,14)(H,15,16). The molecule has 0 fully saturated rings. The molecule has 1 aromatic heterocycles. The topological polar surface area (TPSA) is 95.1 Å². The third-order valence-corrected chi connectivity index (χ3v) is 2.40. The summed E-state index contributed by atoms with van der Waals surface area (Å²) in [6.45, 7) is 6.81. The Morgan fingerprint density at radius 1 is 1.41 bits per heavy atom. The number of hydrogen-bond donors (Lipinski definition) is 3. The molecule has 1 amide bonds. The summed E-state index contributed by atoms with van der Waals surface area (Å²) in [6.07, 6.45) is -0.130. The Labute approximate surface area is 99.4 Å². The lowest BCUT2D eigenvalue weighted by Gasteiger charge is -2.24. The number of aryl methyl sites for hydroxylation is 2. The molecular formula is C11H17N3O3. The van der Waals surface area contributed by atoms with Gasteiger partial charge in [-0.15, -0.1) is 0 Å². The summed E-state index contributed by atoms with van der Waals surface area (Å²) in [5.74, 6) is -1.25. The average Bonchev–Trinajstić information content (AvgIpc) is 2.42. The van der Waals surface area contributed by atoms with Crippen LogP contribution in [0.5, 0.6) is 0 Å². The third-order valence-electron chi connectivity index (χ3n) is 2.40. The van der Waals surface area contributed by atoms with Crippen molar-refractivity contribution in [2.45, 2.75) is 39.7 Å². The number of amides is 1. The van der Waals surface area contributed by atoms with E-state index < -0.39 is 11.5 Å². The number of carboxylic acid groups (broad SMARTS) is 1. The van der Waals surface area contributed by atoms with E-state index in [0.717, 1.165) is 0 Å². The van der Waals surface area contributed by atoms with E-state index >= 15 is 0 Å². The molecule has 0 spiro atoms. The predicted octanol–water partition coefficient (Wildman–Crippen LogP) is 1.01. The fourth-order valence-electron chi connectivity index (χ4n) is 1.68. The number of aliphatic carboxylic acids is 1. The normalized spacial score (nSPS) is 11.3. The van der Waals surface area contributed by atoms with Crippen LogP contribution in [0.3, 0.4) is 0 Å². The first-order valence-corrected chi connectivity index (χ1v) is 5.29. The summed E-state index contributed by atoms with van der Waals surface area (Å²) < 4.78 is 0. The predicted molar refractivity (Wildman–Crippen MR) is 61.9 cm³/mol. The molecule has 0 saturated heterocycles. The van der Waals surface area contributed by atoms with Crippen molar-refractivity contribution in [3.63, 3.8) is 0 Å². The average molecular weight is 239 g/mol. The molecule has 3 N–H and O–H groups in total. The molecule has 94 valence electrons. The van der Waals surface area contributed by atoms with E-state index in [4.69, 9.17) is 5.11 Å². The van der Waals surface area contributed by atoms with E-state index in [9.17, 15) is 9.59 Å². The van der Waals surface area contributed by atoms with Gasteiger partial charge in [-0.05, 0) is 27.7 Å². The zero-order valence-corrected chi connectivity index (χ0v) is 10.4. The van der Waals surface area contributed by atoms with Gasteiger partial charge in [0.25, 0.3) is 5.91 Å². The fraction of sp³-hybridized carbons (Fsp3) is 0.545. The molecule has 0 aromatic carbocycles. The summed E-state index contributed by atoms with van der Waals surface area (Å²) >= 11 is 0. The largest absolute Gasteiger partial charge is 0.481 e. The van der Waals surface area contributed by atoms with Gasteiger partial charge in [-0.25, -0.2) is 0 Å². The number of carboxylic acids is 1.